The molecular weight excluding hydrogens is 121 g/mol. The summed E-state index contributed by atoms with van der Waals surface area (Å²) in [6, 6.07) is 0. The molecule has 20 valence electrons. The predicted octanol–water partition coefficient (Wildman–Crippen LogP) is -0.511. The average molecular weight is 123 g/mol. The normalized spacial score (nSPS) is 0.500. The van der Waals surface area contributed by atoms with Gasteiger partial charge in [-0.3, -0.25) is 0 Å². The van der Waals surface area contributed by atoms with Crippen molar-refractivity contribution in [3.05, 3.63) is 0 Å². The van der Waals surface area contributed by atoms with Gasteiger partial charge in [0.05, 0.1) is 0 Å². The Morgan fingerprint density at radius 3 is 1.25 bits per heavy atom. The van der Waals surface area contributed by atoms with Crippen LogP contribution in [-0.4, -0.2) is 51.4 Å². The van der Waals surface area contributed by atoms with E-state index in [1.807, 2.05) is 0 Å². The van der Waals surface area contributed by atoms with Gasteiger partial charge < -0.3 is 0 Å². The molecule has 0 bridgehead atoms. The number of hydrogen-bond acceptors (Lipinski definition) is 1. The molecule has 0 saturated carbocycles. The van der Waals surface area contributed by atoms with Crippen LogP contribution in [0.3, 0.4) is 0 Å². The first-order chi connectivity index (χ1) is 1.00. The molecule has 3 heteroatoms. The molecule has 0 aromatic carbocycles. The molecule has 0 rings (SSSR count). The summed E-state index contributed by atoms with van der Waals surface area (Å²) >= 11 is 0. The maximum atomic E-state index is 6.50. The Hall–Kier alpha value is 1.65. The fourth-order valence-electron chi connectivity index (χ4n) is 0. The topological polar surface area (TPSA) is 23.8 Å². The molecule has 0 aliphatic rings. The molecule has 0 heterocycles. The molecule has 0 N–H and O–H groups in total. The van der Waals surface area contributed by atoms with Crippen LogP contribution in [0.4, 0.5) is 0 Å². The molecule has 0 aromatic rings. The van der Waals surface area contributed by atoms with E-state index in [-0.39, 0.29) is 68.5 Å². The summed E-state index contributed by atoms with van der Waals surface area (Å²) < 4.78 is 0. The summed E-state index contributed by atoms with van der Waals surface area (Å²) in [5, 5.41) is 6.50. The molecule has 0 spiro atoms. The van der Waals surface area contributed by atoms with E-state index >= 15 is 0 Å². The van der Waals surface area contributed by atoms with Crippen LogP contribution in [0.2, 0.25) is 0 Å². The zero-order valence-corrected chi connectivity index (χ0v) is 2.48. The summed E-state index contributed by atoms with van der Waals surface area (Å²) in [6.45, 7) is 3.50. The number of nitrogens with zero attached hydrogens (tertiary/aromatic N) is 1. The zero-order valence-electron chi connectivity index (χ0n) is 1.38. The van der Waals surface area contributed by atoms with Gasteiger partial charge in [0, 0.05) is 23.6 Å². The number of hydrogen-bond donors (Lipinski definition) is 0. The molecule has 0 aromatic heterocycles. The molecule has 0 aliphatic heterocycles. The van der Waals surface area contributed by atoms with Gasteiger partial charge in [-0.15, -0.1) is 0 Å². The molecule has 1 nitrogen and oxygen atoms in total. The van der Waals surface area contributed by atoms with E-state index in [0.29, 0.717) is 0 Å². The van der Waals surface area contributed by atoms with Crippen molar-refractivity contribution in [1.29, 1.82) is 5.26 Å². The van der Waals surface area contributed by atoms with E-state index in [0.717, 1.165) is 0 Å². The van der Waals surface area contributed by atoms with Crippen molar-refractivity contribution in [1.82, 2.24) is 0 Å². The van der Waals surface area contributed by atoms with Crippen LogP contribution in [0.1, 0.15) is 0 Å². The van der Waals surface area contributed by atoms with Crippen molar-refractivity contribution in [3.63, 3.8) is 0 Å². The van der Waals surface area contributed by atoms with Crippen LogP contribution < -0.4 is 0 Å². The van der Waals surface area contributed by atoms with E-state index < -0.39 is 0 Å². The average Bonchev–Trinajstić information content (AvgIpc) is 1.00. The first kappa shape index (κ1) is 17.4. The first-order valence-corrected chi connectivity index (χ1v) is 0.258. The second-order valence-electron chi connectivity index (χ2n) is 0. The number of nitriles is 1. The summed E-state index contributed by atoms with van der Waals surface area (Å²) in [4.78, 5) is 0. The Morgan fingerprint density at radius 1 is 1.25 bits per heavy atom. The molecule has 0 fully saturated rings. The van der Waals surface area contributed by atoms with Crippen LogP contribution in [0, 0.1) is 11.8 Å². The molecule has 0 aliphatic carbocycles. The SMILES string of the molecule is C#N.[Fe].[KH]. The van der Waals surface area contributed by atoms with Crippen LogP contribution >= 0.6 is 0 Å². The number of rotatable bonds is 0. The molecule has 0 atom stereocenters. The Balaban J connectivity index is -0.00000000500. The van der Waals surface area contributed by atoms with E-state index in [2.05, 4.69) is 6.57 Å². The van der Waals surface area contributed by atoms with Crippen molar-refractivity contribution in [3.8, 4) is 6.57 Å². The quantitative estimate of drug-likeness (QED) is 0.398. The minimum atomic E-state index is 0. The van der Waals surface area contributed by atoms with Crippen molar-refractivity contribution in [2.75, 3.05) is 0 Å². The molecule has 0 saturated heterocycles. The fourth-order valence-corrected chi connectivity index (χ4v) is 0. The van der Waals surface area contributed by atoms with Crippen LogP contribution in [-0.2, 0) is 17.1 Å². The summed E-state index contributed by atoms with van der Waals surface area (Å²) in [5.41, 5.74) is 0. The van der Waals surface area contributed by atoms with Crippen molar-refractivity contribution in [2.24, 2.45) is 0 Å². The van der Waals surface area contributed by atoms with Crippen LogP contribution in [0.5, 0.6) is 0 Å². The standard InChI is InChI=1S/CHN.Fe.K.H/c1-2;;;/h1H;;;. The Morgan fingerprint density at radius 2 is 1.25 bits per heavy atom. The Kier molecular flexibility index (Phi) is 99.2. The summed E-state index contributed by atoms with van der Waals surface area (Å²) in [5.74, 6) is 0. The van der Waals surface area contributed by atoms with E-state index in [9.17, 15) is 0 Å². The van der Waals surface area contributed by atoms with E-state index in [4.69, 9.17) is 5.26 Å². The van der Waals surface area contributed by atoms with Gasteiger partial charge in [-0.1, -0.05) is 0 Å². The molecule has 4 heavy (non-hydrogen) atoms. The van der Waals surface area contributed by atoms with Crippen molar-refractivity contribution >= 4 is 51.4 Å². The van der Waals surface area contributed by atoms with Crippen molar-refractivity contribution in [2.45, 2.75) is 0 Å². The Bertz CT molecular complexity index is 12.8. The van der Waals surface area contributed by atoms with E-state index in [1.165, 1.54) is 0 Å². The summed E-state index contributed by atoms with van der Waals surface area (Å²) in [7, 11) is 0. The van der Waals surface area contributed by atoms with Gasteiger partial charge in [-0.2, -0.15) is 0 Å². The third-order valence-corrected chi connectivity index (χ3v) is 0. The van der Waals surface area contributed by atoms with E-state index in [1.54, 1.807) is 0 Å². The monoisotopic (exact) mass is 123 g/mol. The van der Waals surface area contributed by atoms with Crippen molar-refractivity contribution < 1.29 is 17.1 Å². The summed E-state index contributed by atoms with van der Waals surface area (Å²) in [6.07, 6.45) is 0. The third kappa shape index (κ3) is 9.42. The molecule has 0 radical (unpaired) electrons. The van der Waals surface area contributed by atoms with Gasteiger partial charge in [-0.05, 0) is 0 Å². The molecule has 0 amide bonds. The first-order valence-electron chi connectivity index (χ1n) is 0.258. The second kappa shape index (κ2) is 22.8. The van der Waals surface area contributed by atoms with Gasteiger partial charge in [-0.25, -0.2) is 5.26 Å². The van der Waals surface area contributed by atoms with Gasteiger partial charge in [0.1, 0.15) is 0 Å². The minimum absolute atomic E-state index is 0. The molecular formula is CH2FeKN. The second-order valence-corrected chi connectivity index (χ2v) is 0. The zero-order chi connectivity index (χ0) is 2.00. The Labute approximate surface area is 78.7 Å². The maximum absolute atomic E-state index is 6.50. The van der Waals surface area contributed by atoms with Crippen LogP contribution in [0.15, 0.2) is 0 Å². The van der Waals surface area contributed by atoms with Gasteiger partial charge in [0.25, 0.3) is 0 Å². The van der Waals surface area contributed by atoms with Gasteiger partial charge in [0.15, 0.2) is 0 Å². The molecule has 0 unspecified atom stereocenters. The van der Waals surface area contributed by atoms with Crippen LogP contribution in [0.25, 0.3) is 0 Å². The third-order valence-electron chi connectivity index (χ3n) is 0. The predicted molar refractivity (Wildman–Crippen MR) is 13.8 cm³/mol. The fraction of sp³-hybridized carbons (Fsp3) is 0. The van der Waals surface area contributed by atoms with Gasteiger partial charge >= 0.3 is 51.4 Å². The van der Waals surface area contributed by atoms with Gasteiger partial charge in [0.2, 0.25) is 0 Å².